The summed E-state index contributed by atoms with van der Waals surface area (Å²) in [6.45, 7) is 0.328. The molecule has 0 saturated heterocycles. The molecule has 0 aliphatic carbocycles. The van der Waals surface area contributed by atoms with Crippen molar-refractivity contribution in [3.05, 3.63) is 28.8 Å². The van der Waals surface area contributed by atoms with Crippen LogP contribution in [0.2, 0.25) is 5.02 Å². The van der Waals surface area contributed by atoms with E-state index in [0.717, 1.165) is 6.20 Å². The quantitative estimate of drug-likeness (QED) is 0.812. The number of ether oxygens (including phenoxy) is 1. The number of rotatable bonds is 3. The smallest absolute Gasteiger partial charge is 0.160 e. The lowest BCUT2D eigenvalue weighted by Crippen LogP contribution is -2.17. The summed E-state index contributed by atoms with van der Waals surface area (Å²) >= 11 is 5.55. The van der Waals surface area contributed by atoms with Crippen LogP contribution >= 0.6 is 11.6 Å². The average Bonchev–Trinajstić information content (AvgIpc) is 2.10. The fraction of sp³-hybridized carbons (Fsp3) is 0.375. The highest BCUT2D eigenvalue weighted by molar-refractivity contribution is 6.30. The molecule has 0 amide bonds. The van der Waals surface area contributed by atoms with Crippen molar-refractivity contribution in [2.45, 2.75) is 6.04 Å². The zero-order valence-electron chi connectivity index (χ0n) is 7.13. The van der Waals surface area contributed by atoms with Gasteiger partial charge in [0.15, 0.2) is 5.82 Å². The standard InChI is InChI=1S/C8H10ClFN2O/c1-13-4-7(11)8-2-5(9)6(10)3-12-8/h2-3,7H,4,11H2,1H3. The summed E-state index contributed by atoms with van der Waals surface area (Å²) in [5.41, 5.74) is 6.18. The highest BCUT2D eigenvalue weighted by Crippen LogP contribution is 2.17. The highest BCUT2D eigenvalue weighted by Gasteiger charge is 2.09. The Morgan fingerprint density at radius 2 is 2.46 bits per heavy atom. The molecule has 0 fully saturated rings. The van der Waals surface area contributed by atoms with E-state index < -0.39 is 5.82 Å². The van der Waals surface area contributed by atoms with Gasteiger partial charge in [-0.2, -0.15) is 0 Å². The van der Waals surface area contributed by atoms with Crippen LogP contribution in [-0.2, 0) is 4.74 Å². The Hall–Kier alpha value is -0.710. The number of methoxy groups -OCH3 is 1. The third-order valence-corrected chi connectivity index (χ3v) is 1.85. The number of halogens is 2. The van der Waals surface area contributed by atoms with Gasteiger partial charge in [0.2, 0.25) is 0 Å². The van der Waals surface area contributed by atoms with Gasteiger partial charge in [0.1, 0.15) is 0 Å². The molecule has 1 aromatic heterocycles. The summed E-state index contributed by atoms with van der Waals surface area (Å²) in [4.78, 5) is 3.79. The van der Waals surface area contributed by atoms with E-state index in [9.17, 15) is 4.39 Å². The first-order valence-electron chi connectivity index (χ1n) is 3.70. The number of aromatic nitrogens is 1. The zero-order chi connectivity index (χ0) is 9.84. The highest BCUT2D eigenvalue weighted by atomic mass is 35.5. The van der Waals surface area contributed by atoms with Gasteiger partial charge in [0.25, 0.3) is 0 Å². The van der Waals surface area contributed by atoms with Crippen LogP contribution in [-0.4, -0.2) is 18.7 Å². The van der Waals surface area contributed by atoms with Crippen molar-refractivity contribution in [2.75, 3.05) is 13.7 Å². The van der Waals surface area contributed by atoms with E-state index in [1.165, 1.54) is 13.2 Å². The molecule has 1 unspecified atom stereocenters. The lowest BCUT2D eigenvalue weighted by Gasteiger charge is -2.09. The van der Waals surface area contributed by atoms with Crippen molar-refractivity contribution in [3.8, 4) is 0 Å². The molecule has 3 nitrogen and oxygen atoms in total. The summed E-state index contributed by atoms with van der Waals surface area (Å²) < 4.78 is 17.5. The van der Waals surface area contributed by atoms with Crippen molar-refractivity contribution in [1.29, 1.82) is 0 Å². The summed E-state index contributed by atoms with van der Waals surface area (Å²) in [5, 5.41) is 0.0246. The number of hydrogen-bond acceptors (Lipinski definition) is 3. The van der Waals surface area contributed by atoms with Crippen LogP contribution in [0.15, 0.2) is 12.3 Å². The van der Waals surface area contributed by atoms with Gasteiger partial charge in [0, 0.05) is 7.11 Å². The Labute approximate surface area is 80.7 Å². The molecule has 1 heterocycles. The maximum absolute atomic E-state index is 12.7. The van der Waals surface area contributed by atoms with Crippen LogP contribution in [0, 0.1) is 5.82 Å². The number of hydrogen-bond donors (Lipinski definition) is 1. The normalized spacial score (nSPS) is 12.9. The fourth-order valence-corrected chi connectivity index (χ4v) is 1.06. The minimum Gasteiger partial charge on any atom is -0.383 e. The molecule has 1 aromatic rings. The van der Waals surface area contributed by atoms with E-state index in [4.69, 9.17) is 22.1 Å². The summed E-state index contributed by atoms with van der Waals surface area (Å²) in [5.74, 6) is -0.546. The largest absolute Gasteiger partial charge is 0.383 e. The van der Waals surface area contributed by atoms with E-state index in [0.29, 0.717) is 12.3 Å². The lowest BCUT2D eigenvalue weighted by atomic mass is 10.2. The Morgan fingerprint density at radius 3 is 3.00 bits per heavy atom. The lowest BCUT2D eigenvalue weighted by molar-refractivity contribution is 0.179. The molecular weight excluding hydrogens is 195 g/mol. The molecule has 1 atom stereocenters. The number of pyridine rings is 1. The van der Waals surface area contributed by atoms with Crippen molar-refractivity contribution < 1.29 is 9.13 Å². The van der Waals surface area contributed by atoms with Crippen molar-refractivity contribution in [1.82, 2.24) is 4.98 Å². The molecule has 2 N–H and O–H groups in total. The van der Waals surface area contributed by atoms with E-state index in [2.05, 4.69) is 4.98 Å². The topological polar surface area (TPSA) is 48.1 Å². The monoisotopic (exact) mass is 204 g/mol. The molecule has 0 aliphatic heterocycles. The third-order valence-electron chi connectivity index (χ3n) is 1.56. The molecule has 0 spiro atoms. The minimum absolute atomic E-state index is 0.0246. The van der Waals surface area contributed by atoms with E-state index in [1.54, 1.807) is 0 Å². The minimum atomic E-state index is -0.546. The first-order chi connectivity index (χ1) is 6.15. The number of nitrogens with zero attached hydrogens (tertiary/aromatic N) is 1. The van der Waals surface area contributed by atoms with E-state index in [-0.39, 0.29) is 11.1 Å². The summed E-state index contributed by atoms with van der Waals surface area (Å²) in [6, 6.07) is 1.03. The molecule has 0 bridgehead atoms. The van der Waals surface area contributed by atoms with Crippen LogP contribution in [0.3, 0.4) is 0 Å². The molecule has 0 aliphatic rings. The zero-order valence-corrected chi connectivity index (χ0v) is 7.88. The van der Waals surface area contributed by atoms with E-state index in [1.807, 2.05) is 0 Å². The van der Waals surface area contributed by atoms with Crippen LogP contribution in [0.1, 0.15) is 11.7 Å². The van der Waals surface area contributed by atoms with Gasteiger partial charge in [0.05, 0.1) is 29.6 Å². The maximum Gasteiger partial charge on any atom is 0.160 e. The Kier molecular flexibility index (Phi) is 3.59. The Bertz CT molecular complexity index is 295. The molecule has 0 aromatic carbocycles. The van der Waals surface area contributed by atoms with Gasteiger partial charge in [-0.25, -0.2) is 4.39 Å². The van der Waals surface area contributed by atoms with Crippen LogP contribution in [0.5, 0.6) is 0 Å². The number of nitrogens with two attached hydrogens (primary N) is 1. The SMILES string of the molecule is COCC(N)c1cc(Cl)c(F)cn1. The third kappa shape index (κ3) is 2.62. The molecule has 1 rings (SSSR count). The van der Waals surface area contributed by atoms with E-state index >= 15 is 0 Å². The molecule has 0 saturated carbocycles. The van der Waals surface area contributed by atoms with Crippen molar-refractivity contribution in [2.24, 2.45) is 5.73 Å². The first-order valence-corrected chi connectivity index (χ1v) is 4.08. The van der Waals surface area contributed by atoms with Crippen molar-refractivity contribution >= 4 is 11.6 Å². The van der Waals surface area contributed by atoms with Gasteiger partial charge in [-0.1, -0.05) is 11.6 Å². The fourth-order valence-electron chi connectivity index (χ4n) is 0.897. The molecular formula is C8H10ClFN2O. The van der Waals surface area contributed by atoms with Gasteiger partial charge in [-0.05, 0) is 6.07 Å². The summed E-state index contributed by atoms with van der Waals surface area (Å²) in [6.07, 6.45) is 1.05. The maximum atomic E-state index is 12.7. The average molecular weight is 205 g/mol. The second-order valence-corrected chi connectivity index (χ2v) is 2.99. The van der Waals surface area contributed by atoms with Crippen LogP contribution in [0.25, 0.3) is 0 Å². The molecule has 5 heteroatoms. The van der Waals surface area contributed by atoms with Crippen LogP contribution < -0.4 is 5.73 Å². The van der Waals surface area contributed by atoms with Crippen LogP contribution in [0.4, 0.5) is 4.39 Å². The Balaban J connectivity index is 2.84. The van der Waals surface area contributed by atoms with Gasteiger partial charge >= 0.3 is 0 Å². The second kappa shape index (κ2) is 4.50. The first kappa shape index (κ1) is 10.4. The van der Waals surface area contributed by atoms with Gasteiger partial charge in [-0.3, -0.25) is 4.98 Å². The summed E-state index contributed by atoms with van der Waals surface area (Å²) in [7, 11) is 1.53. The van der Waals surface area contributed by atoms with Gasteiger partial charge in [-0.15, -0.1) is 0 Å². The van der Waals surface area contributed by atoms with Gasteiger partial charge < -0.3 is 10.5 Å². The predicted molar refractivity (Wildman–Crippen MR) is 48.0 cm³/mol. The second-order valence-electron chi connectivity index (χ2n) is 2.59. The molecule has 72 valence electrons. The predicted octanol–water partition coefficient (Wildman–Crippen LogP) is 1.52. The van der Waals surface area contributed by atoms with Crippen molar-refractivity contribution in [3.63, 3.8) is 0 Å². The Morgan fingerprint density at radius 1 is 1.77 bits per heavy atom. The molecule has 13 heavy (non-hydrogen) atoms. The molecule has 0 radical (unpaired) electrons.